The van der Waals surface area contributed by atoms with Gasteiger partial charge in [0.25, 0.3) is 0 Å². The van der Waals surface area contributed by atoms with Crippen molar-refractivity contribution in [2.45, 2.75) is 19.3 Å². The molecule has 0 heterocycles. The van der Waals surface area contributed by atoms with E-state index in [9.17, 15) is 13.6 Å². The van der Waals surface area contributed by atoms with Crippen LogP contribution in [0.15, 0.2) is 12.1 Å². The van der Waals surface area contributed by atoms with E-state index in [0.29, 0.717) is 0 Å². The summed E-state index contributed by atoms with van der Waals surface area (Å²) in [6.07, 6.45) is 2.63. The fourth-order valence-electron chi connectivity index (χ4n) is 1.60. The number of benzene rings is 1. The van der Waals surface area contributed by atoms with Gasteiger partial charge >= 0.3 is 0 Å². The summed E-state index contributed by atoms with van der Waals surface area (Å²) in [7, 11) is 0. The average molecular weight is 231 g/mol. The number of hydrogen-bond donors (Lipinski definition) is 0. The third kappa shape index (κ3) is 1.88. The van der Waals surface area contributed by atoms with Gasteiger partial charge in [0.1, 0.15) is 16.7 Å². The second-order valence-corrected chi connectivity index (χ2v) is 4.12. The van der Waals surface area contributed by atoms with E-state index in [-0.39, 0.29) is 17.3 Å². The van der Waals surface area contributed by atoms with Gasteiger partial charge in [0, 0.05) is 11.5 Å². The van der Waals surface area contributed by atoms with Crippen molar-refractivity contribution in [1.82, 2.24) is 0 Å². The monoisotopic (exact) mass is 230 g/mol. The van der Waals surface area contributed by atoms with E-state index in [0.717, 1.165) is 31.4 Å². The van der Waals surface area contributed by atoms with Crippen LogP contribution >= 0.6 is 11.6 Å². The third-order valence-electron chi connectivity index (χ3n) is 2.74. The molecule has 4 heteroatoms. The zero-order valence-corrected chi connectivity index (χ0v) is 8.65. The van der Waals surface area contributed by atoms with Gasteiger partial charge in [-0.15, -0.1) is 0 Å². The number of rotatable bonds is 2. The van der Waals surface area contributed by atoms with Gasteiger partial charge in [-0.25, -0.2) is 8.78 Å². The molecule has 1 aromatic rings. The van der Waals surface area contributed by atoms with Crippen LogP contribution in [0, 0.1) is 17.6 Å². The molecule has 1 aliphatic rings. The first-order valence-corrected chi connectivity index (χ1v) is 5.16. The Hall–Kier alpha value is -0.960. The Morgan fingerprint density at radius 1 is 1.27 bits per heavy atom. The second-order valence-electron chi connectivity index (χ2n) is 3.75. The summed E-state index contributed by atoms with van der Waals surface area (Å²) in [6.45, 7) is 0. The quantitative estimate of drug-likeness (QED) is 0.560. The summed E-state index contributed by atoms with van der Waals surface area (Å²) in [5.41, 5.74) is 0.0825. The molecule has 0 radical (unpaired) electrons. The molecule has 1 saturated carbocycles. The number of halogens is 3. The number of hydrogen-bond acceptors (Lipinski definition) is 1. The lowest BCUT2D eigenvalue weighted by Gasteiger charge is -2.23. The molecule has 0 N–H and O–H groups in total. The zero-order valence-electron chi connectivity index (χ0n) is 7.90. The Bertz CT molecular complexity index is 390. The van der Waals surface area contributed by atoms with Crippen LogP contribution in [0.5, 0.6) is 0 Å². The van der Waals surface area contributed by atoms with Crippen molar-refractivity contribution in [1.29, 1.82) is 0 Å². The van der Waals surface area contributed by atoms with Gasteiger partial charge in [-0.1, -0.05) is 18.0 Å². The minimum atomic E-state index is -0.876. The fraction of sp³-hybridized carbons (Fsp3) is 0.364. The predicted molar refractivity (Wildman–Crippen MR) is 53.0 cm³/mol. The predicted octanol–water partition coefficient (Wildman–Crippen LogP) is 3.60. The SMILES string of the molecule is O=C(c1cc(F)c(Cl)c(F)c1)C1CCC1. The molecule has 0 saturated heterocycles. The molecule has 0 bridgehead atoms. The van der Waals surface area contributed by atoms with E-state index in [1.807, 2.05) is 0 Å². The fourth-order valence-corrected chi connectivity index (χ4v) is 1.71. The van der Waals surface area contributed by atoms with Gasteiger partial charge in [0.15, 0.2) is 5.78 Å². The van der Waals surface area contributed by atoms with E-state index in [1.54, 1.807) is 0 Å². The van der Waals surface area contributed by atoms with Gasteiger partial charge in [-0.05, 0) is 25.0 Å². The lowest BCUT2D eigenvalue weighted by molar-refractivity contribution is 0.0854. The molecular formula is C11H9ClF2O. The highest BCUT2D eigenvalue weighted by Crippen LogP contribution is 2.31. The largest absolute Gasteiger partial charge is 0.294 e. The number of carbonyl (C=O) groups is 1. The van der Waals surface area contributed by atoms with Gasteiger partial charge < -0.3 is 0 Å². The Morgan fingerprint density at radius 2 is 1.80 bits per heavy atom. The normalized spacial score (nSPS) is 16.2. The number of ketones is 1. The highest BCUT2D eigenvalue weighted by Gasteiger charge is 2.27. The molecule has 0 aliphatic heterocycles. The molecule has 1 aromatic carbocycles. The number of Topliss-reactive ketones (excluding diaryl/α,β-unsaturated/α-hetero) is 1. The molecule has 80 valence electrons. The molecule has 15 heavy (non-hydrogen) atoms. The van der Waals surface area contributed by atoms with Crippen LogP contribution in [0.3, 0.4) is 0 Å². The molecule has 0 atom stereocenters. The van der Waals surface area contributed by atoms with Crippen molar-refractivity contribution in [2.24, 2.45) is 5.92 Å². The Labute approximate surface area is 91.0 Å². The van der Waals surface area contributed by atoms with Crippen molar-refractivity contribution in [3.05, 3.63) is 34.4 Å². The minimum absolute atomic E-state index is 0.0648. The molecule has 0 spiro atoms. The van der Waals surface area contributed by atoms with Crippen molar-refractivity contribution in [3.8, 4) is 0 Å². The second kappa shape index (κ2) is 3.89. The van der Waals surface area contributed by atoms with Crippen LogP contribution in [0.4, 0.5) is 8.78 Å². The molecule has 0 aromatic heterocycles. The van der Waals surface area contributed by atoms with Gasteiger partial charge in [0.05, 0.1) is 0 Å². The van der Waals surface area contributed by atoms with Gasteiger partial charge in [0.2, 0.25) is 0 Å². The third-order valence-corrected chi connectivity index (χ3v) is 3.11. The van der Waals surface area contributed by atoms with Crippen LogP contribution in [0.25, 0.3) is 0 Å². The van der Waals surface area contributed by atoms with E-state index < -0.39 is 16.7 Å². The summed E-state index contributed by atoms with van der Waals surface area (Å²) in [5.74, 6) is -2.00. The zero-order chi connectivity index (χ0) is 11.0. The van der Waals surface area contributed by atoms with Crippen LogP contribution in [0.1, 0.15) is 29.6 Å². The lowest BCUT2D eigenvalue weighted by Crippen LogP contribution is -2.22. The smallest absolute Gasteiger partial charge is 0.166 e. The molecule has 1 aliphatic carbocycles. The maximum atomic E-state index is 13.1. The highest BCUT2D eigenvalue weighted by molar-refractivity contribution is 6.31. The first kappa shape index (κ1) is 10.6. The standard InChI is InChI=1S/C11H9ClF2O/c12-10-8(13)4-7(5-9(10)14)11(15)6-2-1-3-6/h4-6H,1-3H2. The van der Waals surface area contributed by atoms with Gasteiger partial charge in [-0.3, -0.25) is 4.79 Å². The summed E-state index contributed by atoms with van der Waals surface area (Å²) in [4.78, 5) is 11.7. The Kier molecular flexibility index (Phi) is 2.74. The first-order valence-electron chi connectivity index (χ1n) is 4.78. The summed E-state index contributed by atoms with van der Waals surface area (Å²) < 4.78 is 26.1. The molecule has 2 rings (SSSR count). The van der Waals surface area contributed by atoms with Gasteiger partial charge in [-0.2, -0.15) is 0 Å². The van der Waals surface area contributed by atoms with Crippen LogP contribution in [0.2, 0.25) is 5.02 Å². The molecule has 1 fully saturated rings. The summed E-state index contributed by atoms with van der Waals surface area (Å²) >= 11 is 5.32. The summed E-state index contributed by atoms with van der Waals surface area (Å²) in [5, 5.41) is -0.555. The topological polar surface area (TPSA) is 17.1 Å². The number of carbonyl (C=O) groups excluding carboxylic acids is 1. The Morgan fingerprint density at radius 3 is 2.20 bits per heavy atom. The van der Waals surface area contributed by atoms with Crippen LogP contribution in [-0.4, -0.2) is 5.78 Å². The first-order chi connectivity index (χ1) is 7.09. The van der Waals surface area contributed by atoms with Crippen LogP contribution < -0.4 is 0 Å². The van der Waals surface area contributed by atoms with E-state index in [4.69, 9.17) is 11.6 Å². The minimum Gasteiger partial charge on any atom is -0.294 e. The molecular weight excluding hydrogens is 222 g/mol. The van der Waals surface area contributed by atoms with Crippen molar-refractivity contribution in [2.75, 3.05) is 0 Å². The van der Waals surface area contributed by atoms with E-state index in [2.05, 4.69) is 0 Å². The van der Waals surface area contributed by atoms with E-state index in [1.165, 1.54) is 0 Å². The van der Waals surface area contributed by atoms with Crippen molar-refractivity contribution in [3.63, 3.8) is 0 Å². The average Bonchev–Trinajstić information content (AvgIpc) is 2.10. The molecule has 0 unspecified atom stereocenters. The maximum Gasteiger partial charge on any atom is 0.166 e. The molecule has 1 nitrogen and oxygen atoms in total. The highest BCUT2D eigenvalue weighted by atomic mass is 35.5. The maximum absolute atomic E-state index is 13.1. The summed E-state index contributed by atoms with van der Waals surface area (Å²) in [6, 6.07) is 2.01. The van der Waals surface area contributed by atoms with E-state index >= 15 is 0 Å². The van der Waals surface area contributed by atoms with Crippen LogP contribution in [-0.2, 0) is 0 Å². The molecule has 0 amide bonds. The lowest BCUT2D eigenvalue weighted by atomic mass is 9.80. The van der Waals surface area contributed by atoms with Crippen molar-refractivity contribution < 1.29 is 13.6 Å². The Balaban J connectivity index is 2.32. The van der Waals surface area contributed by atoms with Crippen molar-refractivity contribution >= 4 is 17.4 Å².